The normalized spacial score (nSPS) is 15.9. The summed E-state index contributed by atoms with van der Waals surface area (Å²) in [5, 5.41) is 2.68. The van der Waals surface area contributed by atoms with Crippen molar-refractivity contribution in [3.63, 3.8) is 0 Å². The third kappa shape index (κ3) is 3.90. The summed E-state index contributed by atoms with van der Waals surface area (Å²) in [4.78, 5) is 39.6. The molecule has 1 aliphatic rings. The molecule has 1 aromatic carbocycles. The average Bonchev–Trinajstić information content (AvgIpc) is 2.87. The van der Waals surface area contributed by atoms with Crippen LogP contribution in [0.3, 0.4) is 0 Å². The van der Waals surface area contributed by atoms with E-state index < -0.39 is 11.9 Å². The van der Waals surface area contributed by atoms with Gasteiger partial charge in [-0.05, 0) is 34.7 Å². The lowest BCUT2D eigenvalue weighted by atomic mass is 10.1. The van der Waals surface area contributed by atoms with Gasteiger partial charge in [-0.15, -0.1) is 0 Å². The number of aromatic nitrogens is 3. The van der Waals surface area contributed by atoms with Gasteiger partial charge in [0.25, 0.3) is 11.8 Å². The Labute approximate surface area is 180 Å². The molecule has 0 bridgehead atoms. The maximum Gasteiger partial charge on any atom is 0.289 e. The fourth-order valence-corrected chi connectivity index (χ4v) is 3.50. The predicted molar refractivity (Wildman–Crippen MR) is 115 cm³/mol. The zero-order valence-corrected chi connectivity index (χ0v) is 17.5. The summed E-state index contributed by atoms with van der Waals surface area (Å²) in [6.45, 7) is -0.0104. The first kappa shape index (κ1) is 19.2. The fourth-order valence-electron chi connectivity index (χ4n) is 2.93. The van der Waals surface area contributed by atoms with Gasteiger partial charge >= 0.3 is 0 Å². The maximum atomic E-state index is 12.8. The number of carbonyl (C=O) groups is 2. The van der Waals surface area contributed by atoms with Crippen molar-refractivity contribution in [2.45, 2.75) is 6.04 Å². The predicted octanol–water partition coefficient (Wildman–Crippen LogP) is 2.30. The van der Waals surface area contributed by atoms with E-state index in [2.05, 4.69) is 42.9 Å². The van der Waals surface area contributed by atoms with Crippen molar-refractivity contribution in [3.05, 3.63) is 64.3 Å². The van der Waals surface area contributed by atoms with Crippen LogP contribution in [-0.2, 0) is 4.79 Å². The summed E-state index contributed by atoms with van der Waals surface area (Å²) in [5.41, 5.74) is 1.53. The van der Waals surface area contributed by atoms with Gasteiger partial charge in [0, 0.05) is 25.0 Å². The smallest absolute Gasteiger partial charge is 0.289 e. The molecule has 2 amide bonds. The van der Waals surface area contributed by atoms with E-state index >= 15 is 0 Å². The molecule has 1 aliphatic heterocycles. The Bertz CT molecular complexity index is 1080. The first-order valence-electron chi connectivity index (χ1n) is 8.79. The van der Waals surface area contributed by atoms with Crippen molar-refractivity contribution in [3.8, 4) is 17.0 Å². The quantitative estimate of drug-likeness (QED) is 0.554. The van der Waals surface area contributed by atoms with Crippen molar-refractivity contribution in [1.82, 2.24) is 20.3 Å². The van der Waals surface area contributed by atoms with Gasteiger partial charge in [0.05, 0.1) is 9.26 Å². The third-order valence-electron chi connectivity index (χ3n) is 4.40. The minimum Gasteiger partial charge on any atom is -0.487 e. The molecule has 0 spiro atoms. The van der Waals surface area contributed by atoms with Gasteiger partial charge in [-0.1, -0.05) is 30.3 Å². The minimum absolute atomic E-state index is 0.0104. The summed E-state index contributed by atoms with van der Waals surface area (Å²) < 4.78 is 6.49. The number of halogens is 1. The summed E-state index contributed by atoms with van der Waals surface area (Å²) >= 11 is 2.13. The Morgan fingerprint density at radius 1 is 1.21 bits per heavy atom. The molecule has 3 heterocycles. The number of benzene rings is 1. The molecule has 9 heteroatoms. The zero-order valence-electron chi connectivity index (χ0n) is 15.4. The second-order valence-corrected chi connectivity index (χ2v) is 7.48. The van der Waals surface area contributed by atoms with Gasteiger partial charge in [-0.3, -0.25) is 14.5 Å². The second kappa shape index (κ2) is 8.11. The van der Waals surface area contributed by atoms with Crippen LogP contribution in [0, 0.1) is 3.57 Å². The van der Waals surface area contributed by atoms with E-state index in [1.165, 1.54) is 4.90 Å². The van der Waals surface area contributed by atoms with Crippen LogP contribution in [0.2, 0.25) is 0 Å². The Morgan fingerprint density at radius 3 is 2.79 bits per heavy atom. The maximum absolute atomic E-state index is 12.8. The van der Waals surface area contributed by atoms with Crippen molar-refractivity contribution >= 4 is 40.2 Å². The Kier molecular flexibility index (Phi) is 5.38. The molecule has 8 nitrogen and oxygen atoms in total. The Hall–Kier alpha value is -3.08. The highest BCUT2D eigenvalue weighted by molar-refractivity contribution is 14.1. The molecule has 4 rings (SSSR count). The molecular weight excluding hydrogens is 485 g/mol. The number of likely N-dealkylation sites (N-methyl/N-ethyl adjacent to an activating group) is 1. The van der Waals surface area contributed by atoms with Crippen molar-refractivity contribution < 1.29 is 14.3 Å². The van der Waals surface area contributed by atoms with Gasteiger partial charge in [0.2, 0.25) is 5.82 Å². The van der Waals surface area contributed by atoms with Gasteiger partial charge in [-0.2, -0.15) is 0 Å². The number of hydrogen-bond acceptors (Lipinski definition) is 6. The second-order valence-electron chi connectivity index (χ2n) is 6.32. The zero-order chi connectivity index (χ0) is 20.4. The monoisotopic (exact) mass is 501 g/mol. The molecular formula is C20H16IN5O3. The molecule has 0 saturated carbocycles. The first-order chi connectivity index (χ1) is 14.0. The van der Waals surface area contributed by atoms with Crippen molar-refractivity contribution in [2.24, 2.45) is 0 Å². The number of carbonyl (C=O) groups excluding carboxylic acids is 2. The molecule has 0 saturated heterocycles. The van der Waals surface area contributed by atoms with Crippen LogP contribution in [0.15, 0.2) is 54.9 Å². The van der Waals surface area contributed by atoms with Crippen molar-refractivity contribution in [2.75, 3.05) is 18.6 Å². The largest absolute Gasteiger partial charge is 0.487 e. The SMILES string of the molecule is CN1C(=O)C(NC(=O)c2ncc(I)c(-c3ccccc3)n2)COc2cccnc21. The highest BCUT2D eigenvalue weighted by Crippen LogP contribution is 2.27. The number of rotatable bonds is 3. The Balaban J connectivity index is 1.56. The van der Waals surface area contributed by atoms with E-state index in [9.17, 15) is 9.59 Å². The van der Waals surface area contributed by atoms with Gasteiger partial charge < -0.3 is 10.1 Å². The lowest BCUT2D eigenvalue weighted by Crippen LogP contribution is -2.49. The number of pyridine rings is 1. The molecule has 0 aliphatic carbocycles. The molecule has 0 fully saturated rings. The summed E-state index contributed by atoms with van der Waals surface area (Å²) in [7, 11) is 1.59. The number of amides is 2. The van der Waals surface area contributed by atoms with E-state index in [0.29, 0.717) is 17.3 Å². The molecule has 146 valence electrons. The van der Waals surface area contributed by atoms with E-state index in [1.807, 2.05) is 30.3 Å². The number of hydrogen-bond donors (Lipinski definition) is 1. The van der Waals surface area contributed by atoms with E-state index in [-0.39, 0.29) is 18.3 Å². The van der Waals surface area contributed by atoms with Crippen LogP contribution in [0.1, 0.15) is 10.6 Å². The average molecular weight is 501 g/mol. The minimum atomic E-state index is -0.884. The summed E-state index contributed by atoms with van der Waals surface area (Å²) in [5.74, 6) is 0.000143. The fraction of sp³-hybridized carbons (Fsp3) is 0.150. The topological polar surface area (TPSA) is 97.3 Å². The van der Waals surface area contributed by atoms with Crippen LogP contribution in [0.25, 0.3) is 11.3 Å². The summed E-state index contributed by atoms with van der Waals surface area (Å²) in [6.07, 6.45) is 3.16. The standard InChI is InChI=1S/C20H16IN5O3/c1-26-18-15(8-5-9-22-18)29-11-14(20(26)28)24-19(27)17-23-10-13(21)16(25-17)12-6-3-2-4-7-12/h2-10,14H,11H2,1H3,(H,24,27). The number of anilines is 1. The summed E-state index contributed by atoms with van der Waals surface area (Å²) in [6, 6.07) is 12.1. The van der Waals surface area contributed by atoms with Crippen LogP contribution < -0.4 is 15.0 Å². The molecule has 29 heavy (non-hydrogen) atoms. The third-order valence-corrected chi connectivity index (χ3v) is 5.19. The molecule has 3 aromatic rings. The van der Waals surface area contributed by atoms with E-state index in [0.717, 1.165) is 9.13 Å². The number of fused-ring (bicyclic) bond motifs is 1. The van der Waals surface area contributed by atoms with Gasteiger partial charge in [0.1, 0.15) is 12.6 Å². The van der Waals surface area contributed by atoms with Crippen LogP contribution in [-0.4, -0.2) is 46.5 Å². The van der Waals surface area contributed by atoms with E-state index in [1.54, 1.807) is 31.6 Å². The molecule has 1 unspecified atom stereocenters. The van der Waals surface area contributed by atoms with Gasteiger partial charge in [0.15, 0.2) is 11.6 Å². The van der Waals surface area contributed by atoms with Crippen molar-refractivity contribution in [1.29, 1.82) is 0 Å². The van der Waals surface area contributed by atoms with Crippen LogP contribution in [0.4, 0.5) is 5.82 Å². The van der Waals surface area contributed by atoms with Crippen LogP contribution in [0.5, 0.6) is 5.75 Å². The number of nitrogens with one attached hydrogen (secondary N) is 1. The lowest BCUT2D eigenvalue weighted by molar-refractivity contribution is -0.120. The molecule has 0 radical (unpaired) electrons. The highest BCUT2D eigenvalue weighted by Gasteiger charge is 2.32. The van der Waals surface area contributed by atoms with Crippen LogP contribution >= 0.6 is 22.6 Å². The van der Waals surface area contributed by atoms with E-state index in [4.69, 9.17) is 4.74 Å². The first-order valence-corrected chi connectivity index (χ1v) is 9.86. The van der Waals surface area contributed by atoms with Gasteiger partial charge in [-0.25, -0.2) is 15.0 Å². The Morgan fingerprint density at radius 2 is 2.00 bits per heavy atom. The molecule has 1 N–H and O–H groups in total. The highest BCUT2D eigenvalue weighted by atomic mass is 127. The molecule has 1 atom stereocenters. The molecule has 2 aromatic heterocycles. The number of nitrogens with zero attached hydrogens (tertiary/aromatic N) is 4. The lowest BCUT2D eigenvalue weighted by Gasteiger charge is -2.19. The number of ether oxygens (including phenoxy) is 1.